The van der Waals surface area contributed by atoms with Gasteiger partial charge in [-0.15, -0.1) is 0 Å². The zero-order valence-corrected chi connectivity index (χ0v) is 11.2. The Bertz CT molecular complexity index is 725. The van der Waals surface area contributed by atoms with Gasteiger partial charge < -0.3 is 4.98 Å². The van der Waals surface area contributed by atoms with E-state index in [1.807, 2.05) is 6.07 Å². The van der Waals surface area contributed by atoms with Crippen molar-refractivity contribution in [2.24, 2.45) is 0 Å². The standard InChI is InChI=1S/C14H12N2O2S/c1-10(17)19-7-3-2-4-11-5-6-13-12(8-11)14(18)16-9-15-13/h5-6,8-9H,3,7H2,1H3,(H,15,16,18). The van der Waals surface area contributed by atoms with Gasteiger partial charge >= 0.3 is 0 Å². The number of nitrogens with one attached hydrogen (secondary N) is 1. The van der Waals surface area contributed by atoms with E-state index in [0.29, 0.717) is 23.1 Å². The van der Waals surface area contributed by atoms with Crippen LogP contribution in [0.15, 0.2) is 29.3 Å². The Labute approximate surface area is 114 Å². The van der Waals surface area contributed by atoms with Crippen molar-refractivity contribution in [2.75, 3.05) is 5.75 Å². The van der Waals surface area contributed by atoms with Crippen LogP contribution in [0.2, 0.25) is 0 Å². The monoisotopic (exact) mass is 272 g/mol. The van der Waals surface area contributed by atoms with Crippen LogP contribution in [0.3, 0.4) is 0 Å². The van der Waals surface area contributed by atoms with Gasteiger partial charge in [-0.05, 0) is 18.2 Å². The highest BCUT2D eigenvalue weighted by molar-refractivity contribution is 8.13. The lowest BCUT2D eigenvalue weighted by Crippen LogP contribution is -2.06. The van der Waals surface area contributed by atoms with Gasteiger partial charge in [0.05, 0.1) is 17.2 Å². The van der Waals surface area contributed by atoms with Crippen LogP contribution in [0.25, 0.3) is 10.9 Å². The molecule has 5 heteroatoms. The van der Waals surface area contributed by atoms with Crippen molar-refractivity contribution >= 4 is 27.8 Å². The number of benzene rings is 1. The summed E-state index contributed by atoms with van der Waals surface area (Å²) >= 11 is 1.27. The number of nitrogens with zero attached hydrogens (tertiary/aromatic N) is 1. The van der Waals surface area contributed by atoms with Crippen molar-refractivity contribution in [2.45, 2.75) is 13.3 Å². The van der Waals surface area contributed by atoms with Crippen LogP contribution < -0.4 is 5.56 Å². The number of aromatic nitrogens is 2. The van der Waals surface area contributed by atoms with Gasteiger partial charge in [0.2, 0.25) is 0 Å². The van der Waals surface area contributed by atoms with Gasteiger partial charge in [-0.1, -0.05) is 23.6 Å². The molecule has 0 amide bonds. The van der Waals surface area contributed by atoms with E-state index in [9.17, 15) is 9.59 Å². The maximum Gasteiger partial charge on any atom is 0.258 e. The van der Waals surface area contributed by atoms with Crippen LogP contribution >= 0.6 is 11.8 Å². The highest BCUT2D eigenvalue weighted by atomic mass is 32.2. The molecule has 4 nitrogen and oxygen atoms in total. The van der Waals surface area contributed by atoms with Crippen molar-refractivity contribution in [1.82, 2.24) is 9.97 Å². The van der Waals surface area contributed by atoms with Gasteiger partial charge in [-0.3, -0.25) is 9.59 Å². The Balaban J connectivity index is 2.14. The average Bonchev–Trinajstić information content (AvgIpc) is 2.39. The van der Waals surface area contributed by atoms with Gasteiger partial charge in [-0.25, -0.2) is 4.98 Å². The van der Waals surface area contributed by atoms with E-state index in [0.717, 1.165) is 5.56 Å². The summed E-state index contributed by atoms with van der Waals surface area (Å²) < 4.78 is 0. The molecule has 0 fully saturated rings. The van der Waals surface area contributed by atoms with Crippen molar-refractivity contribution in [3.05, 3.63) is 40.4 Å². The van der Waals surface area contributed by atoms with Crippen LogP contribution in [0, 0.1) is 11.8 Å². The molecular weight excluding hydrogens is 260 g/mol. The minimum Gasteiger partial charge on any atom is -0.313 e. The zero-order valence-electron chi connectivity index (χ0n) is 10.4. The highest BCUT2D eigenvalue weighted by Crippen LogP contribution is 2.08. The quantitative estimate of drug-likeness (QED) is 0.670. The van der Waals surface area contributed by atoms with E-state index >= 15 is 0 Å². The first-order valence-electron chi connectivity index (χ1n) is 5.76. The highest BCUT2D eigenvalue weighted by Gasteiger charge is 1.99. The minimum absolute atomic E-state index is 0.102. The summed E-state index contributed by atoms with van der Waals surface area (Å²) in [6, 6.07) is 5.34. The normalized spacial score (nSPS) is 9.95. The van der Waals surface area contributed by atoms with E-state index < -0.39 is 0 Å². The smallest absolute Gasteiger partial charge is 0.258 e. The maximum atomic E-state index is 11.6. The summed E-state index contributed by atoms with van der Waals surface area (Å²) in [6.07, 6.45) is 2.03. The summed E-state index contributed by atoms with van der Waals surface area (Å²) in [5.74, 6) is 6.66. The molecule has 1 heterocycles. The zero-order chi connectivity index (χ0) is 13.7. The van der Waals surface area contributed by atoms with E-state index in [-0.39, 0.29) is 10.7 Å². The summed E-state index contributed by atoms with van der Waals surface area (Å²) in [6.45, 7) is 1.54. The fourth-order valence-corrected chi connectivity index (χ4v) is 2.05. The molecule has 0 atom stereocenters. The van der Waals surface area contributed by atoms with Gasteiger partial charge in [0.1, 0.15) is 0 Å². The average molecular weight is 272 g/mol. The maximum absolute atomic E-state index is 11.6. The molecule has 19 heavy (non-hydrogen) atoms. The SMILES string of the molecule is CC(=O)SCCC#Cc1ccc2nc[nH]c(=O)c2c1. The molecule has 0 aliphatic heterocycles. The third-order valence-electron chi connectivity index (χ3n) is 2.41. The van der Waals surface area contributed by atoms with Gasteiger partial charge in [0.25, 0.3) is 5.56 Å². The number of H-pyrrole nitrogens is 1. The largest absolute Gasteiger partial charge is 0.313 e. The molecule has 2 rings (SSSR count). The molecule has 96 valence electrons. The molecule has 0 unspecified atom stereocenters. The lowest BCUT2D eigenvalue weighted by molar-refractivity contribution is -0.109. The topological polar surface area (TPSA) is 62.8 Å². The van der Waals surface area contributed by atoms with E-state index in [2.05, 4.69) is 21.8 Å². The second-order valence-electron chi connectivity index (χ2n) is 3.86. The summed E-state index contributed by atoms with van der Waals surface area (Å²) in [5.41, 5.74) is 1.26. The molecule has 2 aromatic rings. The summed E-state index contributed by atoms with van der Waals surface area (Å²) in [4.78, 5) is 28.9. The molecule has 0 saturated carbocycles. The van der Waals surface area contributed by atoms with Gasteiger partial charge in [0, 0.05) is 24.7 Å². The lowest BCUT2D eigenvalue weighted by atomic mass is 10.1. The van der Waals surface area contributed by atoms with Crippen LogP contribution in [-0.4, -0.2) is 20.8 Å². The number of carbonyl (C=O) groups is 1. The summed E-state index contributed by atoms with van der Waals surface area (Å²) in [5, 5.41) is 0.637. The van der Waals surface area contributed by atoms with Gasteiger partial charge in [0.15, 0.2) is 5.12 Å². The Morgan fingerprint density at radius 2 is 2.32 bits per heavy atom. The van der Waals surface area contributed by atoms with E-state index in [1.54, 1.807) is 19.1 Å². The molecule has 1 aromatic heterocycles. The number of thioether (sulfide) groups is 1. The fraction of sp³-hybridized carbons (Fsp3) is 0.214. The molecule has 0 radical (unpaired) electrons. The predicted molar refractivity (Wildman–Crippen MR) is 77.0 cm³/mol. The Kier molecular flexibility index (Phi) is 4.37. The third kappa shape index (κ3) is 3.70. The van der Waals surface area contributed by atoms with Crippen molar-refractivity contribution in [3.8, 4) is 11.8 Å². The molecule has 0 bridgehead atoms. The van der Waals surface area contributed by atoms with Crippen LogP contribution in [0.1, 0.15) is 18.9 Å². The second kappa shape index (κ2) is 6.21. The predicted octanol–water partition coefficient (Wildman–Crippen LogP) is 1.94. The first-order chi connectivity index (χ1) is 9.16. The van der Waals surface area contributed by atoms with Crippen LogP contribution in [-0.2, 0) is 4.79 Å². The Morgan fingerprint density at radius 1 is 1.47 bits per heavy atom. The number of carbonyl (C=O) groups excluding carboxylic acids is 1. The number of fused-ring (bicyclic) bond motifs is 1. The number of rotatable bonds is 2. The van der Waals surface area contributed by atoms with E-state index in [4.69, 9.17) is 0 Å². The Morgan fingerprint density at radius 3 is 3.11 bits per heavy atom. The third-order valence-corrected chi connectivity index (χ3v) is 3.22. The number of aromatic amines is 1. The Hall–Kier alpha value is -2.06. The number of hydrogen-bond acceptors (Lipinski definition) is 4. The molecule has 1 N–H and O–H groups in total. The molecule has 0 saturated heterocycles. The second-order valence-corrected chi connectivity index (χ2v) is 5.13. The van der Waals surface area contributed by atoms with Crippen molar-refractivity contribution < 1.29 is 4.79 Å². The first-order valence-corrected chi connectivity index (χ1v) is 6.75. The molecule has 0 aliphatic carbocycles. The van der Waals surface area contributed by atoms with Gasteiger partial charge in [-0.2, -0.15) is 0 Å². The van der Waals surface area contributed by atoms with Crippen LogP contribution in [0.5, 0.6) is 0 Å². The van der Waals surface area contributed by atoms with E-state index in [1.165, 1.54) is 18.1 Å². The number of hydrogen-bond donors (Lipinski definition) is 1. The summed E-state index contributed by atoms with van der Waals surface area (Å²) in [7, 11) is 0. The first kappa shape index (κ1) is 13.4. The molecule has 1 aromatic carbocycles. The lowest BCUT2D eigenvalue weighted by Gasteiger charge is -1.96. The van der Waals surface area contributed by atoms with Crippen molar-refractivity contribution in [3.63, 3.8) is 0 Å². The fourth-order valence-electron chi connectivity index (χ4n) is 1.56. The minimum atomic E-state index is -0.166. The van der Waals surface area contributed by atoms with Crippen LogP contribution in [0.4, 0.5) is 0 Å². The molecule has 0 aliphatic rings. The van der Waals surface area contributed by atoms with Crippen molar-refractivity contribution in [1.29, 1.82) is 0 Å². The molecular formula is C14H12N2O2S. The molecule has 0 spiro atoms.